The van der Waals surface area contributed by atoms with Crippen molar-refractivity contribution in [3.05, 3.63) is 53.7 Å². The van der Waals surface area contributed by atoms with E-state index in [0.717, 1.165) is 10.9 Å². The second-order valence-corrected chi connectivity index (χ2v) is 7.65. The van der Waals surface area contributed by atoms with Crippen LogP contribution in [0.3, 0.4) is 0 Å². The first-order valence-corrected chi connectivity index (χ1v) is 10.4. The summed E-state index contributed by atoms with van der Waals surface area (Å²) in [6.45, 7) is 1.84. The van der Waals surface area contributed by atoms with Crippen molar-refractivity contribution in [2.45, 2.75) is 0 Å². The van der Waals surface area contributed by atoms with Crippen molar-refractivity contribution < 1.29 is 23.8 Å². The van der Waals surface area contributed by atoms with E-state index in [1.54, 1.807) is 21.9 Å². The van der Waals surface area contributed by atoms with Crippen LogP contribution in [0, 0.1) is 0 Å². The number of aromatic nitrogens is 1. The molecule has 0 aliphatic carbocycles. The van der Waals surface area contributed by atoms with Gasteiger partial charge in [-0.2, -0.15) is 0 Å². The van der Waals surface area contributed by atoms with Gasteiger partial charge in [0.2, 0.25) is 5.75 Å². The Bertz CT molecular complexity index is 1140. The summed E-state index contributed by atoms with van der Waals surface area (Å²) in [6.07, 6.45) is 0. The minimum atomic E-state index is -0.138. The Kier molecular flexibility index (Phi) is 5.94. The number of carbonyl (C=O) groups is 2. The zero-order chi connectivity index (χ0) is 22.8. The average molecular weight is 437 g/mol. The molecule has 0 N–H and O–H groups in total. The molecule has 1 fully saturated rings. The number of fused-ring (bicyclic) bond motifs is 1. The summed E-state index contributed by atoms with van der Waals surface area (Å²) in [5.74, 6) is 1.14. The first-order chi connectivity index (χ1) is 15.5. The van der Waals surface area contributed by atoms with Crippen LogP contribution in [-0.4, -0.2) is 73.7 Å². The summed E-state index contributed by atoms with van der Waals surface area (Å²) in [6, 6.07) is 13.1. The number of rotatable bonds is 5. The molecule has 1 aliphatic rings. The monoisotopic (exact) mass is 437 g/mol. The minimum absolute atomic E-state index is 0.0245. The fourth-order valence-electron chi connectivity index (χ4n) is 4.16. The second-order valence-electron chi connectivity index (χ2n) is 7.65. The molecule has 168 valence electrons. The molecular weight excluding hydrogens is 410 g/mol. The number of nitrogens with zero attached hydrogens (tertiary/aromatic N) is 3. The molecule has 1 saturated heterocycles. The fourth-order valence-corrected chi connectivity index (χ4v) is 4.16. The van der Waals surface area contributed by atoms with Crippen molar-refractivity contribution in [2.75, 3.05) is 47.5 Å². The highest BCUT2D eigenvalue weighted by molar-refractivity contribution is 5.99. The molecule has 3 aromatic rings. The highest BCUT2D eigenvalue weighted by Gasteiger charge is 2.28. The van der Waals surface area contributed by atoms with Gasteiger partial charge >= 0.3 is 0 Å². The van der Waals surface area contributed by atoms with Gasteiger partial charge in [0.1, 0.15) is 5.69 Å². The van der Waals surface area contributed by atoms with E-state index >= 15 is 0 Å². The summed E-state index contributed by atoms with van der Waals surface area (Å²) in [5.41, 5.74) is 2.12. The second kappa shape index (κ2) is 8.82. The molecule has 1 aliphatic heterocycles. The number of carbonyl (C=O) groups excluding carboxylic acids is 2. The lowest BCUT2D eigenvalue weighted by atomic mass is 10.1. The predicted molar refractivity (Wildman–Crippen MR) is 121 cm³/mol. The summed E-state index contributed by atoms with van der Waals surface area (Å²) in [7, 11) is 6.46. The van der Waals surface area contributed by atoms with Crippen LogP contribution in [0.1, 0.15) is 20.8 Å². The van der Waals surface area contributed by atoms with E-state index < -0.39 is 0 Å². The van der Waals surface area contributed by atoms with Gasteiger partial charge < -0.3 is 28.6 Å². The predicted octanol–water partition coefficient (Wildman–Crippen LogP) is 2.80. The third-order valence-electron chi connectivity index (χ3n) is 5.94. The van der Waals surface area contributed by atoms with E-state index in [0.29, 0.717) is 54.7 Å². The molecule has 0 bridgehead atoms. The first-order valence-electron chi connectivity index (χ1n) is 10.4. The van der Waals surface area contributed by atoms with Crippen molar-refractivity contribution in [1.82, 2.24) is 14.4 Å². The van der Waals surface area contributed by atoms with Crippen LogP contribution >= 0.6 is 0 Å². The van der Waals surface area contributed by atoms with Crippen LogP contribution in [0.25, 0.3) is 10.9 Å². The Morgan fingerprint density at radius 3 is 1.88 bits per heavy atom. The molecule has 8 heteroatoms. The molecule has 1 aromatic heterocycles. The highest BCUT2D eigenvalue weighted by Crippen LogP contribution is 2.38. The minimum Gasteiger partial charge on any atom is -0.493 e. The number of piperazine rings is 1. The van der Waals surface area contributed by atoms with Crippen LogP contribution in [0.2, 0.25) is 0 Å². The molecule has 0 saturated carbocycles. The molecule has 2 amide bonds. The molecule has 8 nitrogen and oxygen atoms in total. The van der Waals surface area contributed by atoms with Gasteiger partial charge in [-0.3, -0.25) is 9.59 Å². The Morgan fingerprint density at radius 1 is 0.781 bits per heavy atom. The van der Waals surface area contributed by atoms with Crippen LogP contribution in [-0.2, 0) is 7.05 Å². The van der Waals surface area contributed by atoms with E-state index in [-0.39, 0.29) is 11.8 Å². The Morgan fingerprint density at radius 2 is 1.34 bits per heavy atom. The number of hydrogen-bond donors (Lipinski definition) is 0. The Hall–Kier alpha value is -3.68. The summed E-state index contributed by atoms with van der Waals surface area (Å²) < 4.78 is 18.0. The largest absolute Gasteiger partial charge is 0.493 e. The molecule has 0 atom stereocenters. The number of aryl methyl sites for hydroxylation is 1. The maximum absolute atomic E-state index is 13.1. The van der Waals surface area contributed by atoms with Crippen molar-refractivity contribution in [1.29, 1.82) is 0 Å². The number of para-hydroxylation sites is 1. The first kappa shape index (κ1) is 21.5. The van der Waals surface area contributed by atoms with E-state index in [4.69, 9.17) is 14.2 Å². The van der Waals surface area contributed by atoms with E-state index in [2.05, 4.69) is 0 Å². The zero-order valence-electron chi connectivity index (χ0n) is 18.8. The quantitative estimate of drug-likeness (QED) is 0.614. The summed E-state index contributed by atoms with van der Waals surface area (Å²) >= 11 is 0. The molecule has 2 heterocycles. The van der Waals surface area contributed by atoms with E-state index in [1.165, 1.54) is 21.3 Å². The number of amides is 2. The average Bonchev–Trinajstić information content (AvgIpc) is 3.18. The third kappa shape index (κ3) is 3.72. The van der Waals surface area contributed by atoms with Gasteiger partial charge in [0.15, 0.2) is 11.5 Å². The van der Waals surface area contributed by atoms with E-state index in [9.17, 15) is 9.59 Å². The molecule has 0 unspecified atom stereocenters. The Labute approximate surface area is 186 Å². The van der Waals surface area contributed by atoms with Gasteiger partial charge in [0.25, 0.3) is 11.8 Å². The number of methoxy groups -OCH3 is 3. The Balaban J connectivity index is 1.48. The van der Waals surface area contributed by atoms with Gasteiger partial charge in [-0.1, -0.05) is 18.2 Å². The van der Waals surface area contributed by atoms with E-state index in [1.807, 2.05) is 41.9 Å². The lowest BCUT2D eigenvalue weighted by Crippen LogP contribution is -2.50. The summed E-state index contributed by atoms with van der Waals surface area (Å²) in [4.78, 5) is 29.8. The smallest absolute Gasteiger partial charge is 0.270 e. The topological polar surface area (TPSA) is 73.2 Å². The van der Waals surface area contributed by atoms with Crippen molar-refractivity contribution in [2.24, 2.45) is 7.05 Å². The van der Waals surface area contributed by atoms with Crippen molar-refractivity contribution in [3.63, 3.8) is 0 Å². The van der Waals surface area contributed by atoms with Gasteiger partial charge in [-0.05, 0) is 24.3 Å². The molecule has 2 aromatic carbocycles. The standard InChI is InChI=1S/C24H27N3O5/c1-25-18-8-6-5-7-16(18)13-19(25)24(29)27-11-9-26(10-12-27)23(28)17-14-20(30-2)22(32-4)21(15-17)31-3/h5-8,13-15H,9-12H2,1-4H3. The van der Waals surface area contributed by atoms with Crippen LogP contribution in [0.15, 0.2) is 42.5 Å². The molecule has 0 spiro atoms. The lowest BCUT2D eigenvalue weighted by Gasteiger charge is -2.35. The third-order valence-corrected chi connectivity index (χ3v) is 5.94. The normalized spacial score (nSPS) is 13.9. The SMILES string of the molecule is COc1cc(C(=O)N2CCN(C(=O)c3cc4ccccc4n3C)CC2)cc(OC)c1OC. The van der Waals surface area contributed by atoms with Crippen LogP contribution in [0.5, 0.6) is 17.2 Å². The highest BCUT2D eigenvalue weighted by atomic mass is 16.5. The summed E-state index contributed by atoms with van der Waals surface area (Å²) in [5, 5.41) is 1.04. The molecular formula is C24H27N3O5. The molecule has 0 radical (unpaired) electrons. The van der Waals surface area contributed by atoms with Gasteiger partial charge in [-0.15, -0.1) is 0 Å². The number of hydrogen-bond acceptors (Lipinski definition) is 5. The fraction of sp³-hybridized carbons (Fsp3) is 0.333. The van der Waals surface area contributed by atoms with Crippen molar-refractivity contribution in [3.8, 4) is 17.2 Å². The number of ether oxygens (including phenoxy) is 3. The molecule has 4 rings (SSSR count). The lowest BCUT2D eigenvalue weighted by molar-refractivity contribution is 0.0530. The van der Waals surface area contributed by atoms with Crippen LogP contribution < -0.4 is 14.2 Å². The maximum atomic E-state index is 13.1. The van der Waals surface area contributed by atoms with Gasteiger partial charge in [0, 0.05) is 49.7 Å². The zero-order valence-corrected chi connectivity index (χ0v) is 18.8. The van der Waals surface area contributed by atoms with Crippen molar-refractivity contribution >= 4 is 22.7 Å². The molecule has 32 heavy (non-hydrogen) atoms. The maximum Gasteiger partial charge on any atom is 0.270 e. The number of benzene rings is 2. The van der Waals surface area contributed by atoms with Gasteiger partial charge in [0.05, 0.1) is 21.3 Å². The van der Waals surface area contributed by atoms with Crippen LogP contribution in [0.4, 0.5) is 0 Å². The van der Waals surface area contributed by atoms with Gasteiger partial charge in [-0.25, -0.2) is 0 Å².